The lowest BCUT2D eigenvalue weighted by molar-refractivity contribution is 0.395. The van der Waals surface area contributed by atoms with Crippen molar-refractivity contribution in [3.8, 4) is 5.88 Å². The molecular weight excluding hydrogens is 176 g/mol. The van der Waals surface area contributed by atoms with Crippen LogP contribution in [0.15, 0.2) is 17.4 Å². The van der Waals surface area contributed by atoms with Gasteiger partial charge in [0.15, 0.2) is 0 Å². The van der Waals surface area contributed by atoms with E-state index in [4.69, 9.17) is 4.74 Å². The molecule has 12 heavy (non-hydrogen) atoms. The summed E-state index contributed by atoms with van der Waals surface area (Å²) < 4.78 is 6.45. The number of nitrogens with zero attached hydrogens (tertiary/aromatic N) is 4. The summed E-state index contributed by atoms with van der Waals surface area (Å²) in [6.45, 7) is 0. The van der Waals surface area contributed by atoms with Crippen molar-refractivity contribution in [1.82, 2.24) is 19.6 Å². The zero-order valence-corrected chi connectivity index (χ0v) is 7.19. The summed E-state index contributed by atoms with van der Waals surface area (Å²) in [4.78, 5) is 7.93. The van der Waals surface area contributed by atoms with Gasteiger partial charge in [-0.05, 0) is 0 Å². The van der Waals surface area contributed by atoms with Crippen LogP contribution in [0.25, 0.3) is 5.78 Å². The van der Waals surface area contributed by atoms with Crippen LogP contribution in [0.1, 0.15) is 0 Å². The van der Waals surface area contributed by atoms with E-state index in [0.717, 1.165) is 0 Å². The minimum Gasteiger partial charge on any atom is -0.481 e. The fourth-order valence-corrected chi connectivity index (χ4v) is 1.13. The van der Waals surface area contributed by atoms with Gasteiger partial charge in [0.1, 0.15) is 11.4 Å². The summed E-state index contributed by atoms with van der Waals surface area (Å²) >= 11 is 4.18. The number of thiol groups is 1. The molecule has 0 spiro atoms. The Morgan fingerprint density at radius 3 is 3.17 bits per heavy atom. The van der Waals surface area contributed by atoms with Gasteiger partial charge in [0.2, 0.25) is 5.88 Å². The van der Waals surface area contributed by atoms with Crippen molar-refractivity contribution in [2.24, 2.45) is 0 Å². The summed E-state index contributed by atoms with van der Waals surface area (Å²) in [5, 5.41) is 4.55. The number of rotatable bonds is 1. The second-order valence-corrected chi connectivity index (χ2v) is 2.59. The van der Waals surface area contributed by atoms with Crippen LogP contribution in [0.2, 0.25) is 0 Å². The molecule has 0 aliphatic heterocycles. The molecule has 0 unspecified atom stereocenters. The van der Waals surface area contributed by atoms with Gasteiger partial charge in [-0.15, -0.1) is 12.6 Å². The van der Waals surface area contributed by atoms with Gasteiger partial charge in [-0.2, -0.15) is 19.6 Å². The van der Waals surface area contributed by atoms with Crippen LogP contribution in [-0.2, 0) is 0 Å². The maximum absolute atomic E-state index is 4.93. The predicted molar refractivity (Wildman–Crippen MR) is 44.6 cm³/mol. The average molecular weight is 182 g/mol. The quantitative estimate of drug-likeness (QED) is 0.513. The normalized spacial score (nSPS) is 10.5. The lowest BCUT2D eigenvalue weighted by atomic mass is 10.6. The van der Waals surface area contributed by atoms with Crippen molar-refractivity contribution in [2.45, 2.75) is 5.03 Å². The zero-order valence-electron chi connectivity index (χ0n) is 6.30. The highest BCUT2D eigenvalue weighted by Crippen LogP contribution is 2.13. The molecule has 2 aromatic rings. The van der Waals surface area contributed by atoms with E-state index in [1.165, 1.54) is 10.8 Å². The largest absolute Gasteiger partial charge is 0.481 e. The molecule has 0 bridgehead atoms. The van der Waals surface area contributed by atoms with Gasteiger partial charge in [-0.1, -0.05) is 0 Å². The van der Waals surface area contributed by atoms with E-state index in [1.807, 2.05) is 0 Å². The SMILES string of the molecule is COc1cc(S)n2ncnc2n1. The third kappa shape index (κ3) is 1.00. The van der Waals surface area contributed by atoms with Gasteiger partial charge in [0.05, 0.1) is 7.11 Å². The van der Waals surface area contributed by atoms with Crippen molar-refractivity contribution < 1.29 is 4.74 Å². The molecule has 2 aromatic heterocycles. The molecule has 0 radical (unpaired) electrons. The molecule has 0 aliphatic carbocycles. The van der Waals surface area contributed by atoms with Crippen molar-refractivity contribution in [3.63, 3.8) is 0 Å². The number of methoxy groups -OCH3 is 1. The van der Waals surface area contributed by atoms with Crippen LogP contribution >= 0.6 is 12.6 Å². The first-order valence-electron chi connectivity index (χ1n) is 3.25. The van der Waals surface area contributed by atoms with Crippen LogP contribution in [0.3, 0.4) is 0 Å². The molecular formula is C6H6N4OS. The number of aromatic nitrogens is 4. The summed E-state index contributed by atoms with van der Waals surface area (Å²) in [6.07, 6.45) is 1.42. The molecule has 0 saturated carbocycles. The van der Waals surface area contributed by atoms with Gasteiger partial charge in [-0.25, -0.2) is 0 Å². The molecule has 62 valence electrons. The highest BCUT2D eigenvalue weighted by atomic mass is 32.1. The van der Waals surface area contributed by atoms with Crippen molar-refractivity contribution >= 4 is 18.4 Å². The summed E-state index contributed by atoms with van der Waals surface area (Å²) in [6, 6.07) is 1.67. The molecule has 0 aliphatic rings. The van der Waals surface area contributed by atoms with E-state index >= 15 is 0 Å². The van der Waals surface area contributed by atoms with E-state index in [0.29, 0.717) is 16.7 Å². The van der Waals surface area contributed by atoms with Crippen molar-refractivity contribution in [1.29, 1.82) is 0 Å². The molecule has 2 heterocycles. The van der Waals surface area contributed by atoms with E-state index in [1.54, 1.807) is 13.2 Å². The van der Waals surface area contributed by atoms with Crippen LogP contribution in [0, 0.1) is 0 Å². The molecule has 0 atom stereocenters. The highest BCUT2D eigenvalue weighted by Gasteiger charge is 2.03. The second kappa shape index (κ2) is 2.63. The van der Waals surface area contributed by atoms with E-state index < -0.39 is 0 Å². The Morgan fingerprint density at radius 2 is 2.42 bits per heavy atom. The molecule has 5 nitrogen and oxygen atoms in total. The lowest BCUT2D eigenvalue weighted by Crippen LogP contribution is -1.96. The lowest BCUT2D eigenvalue weighted by Gasteiger charge is -1.99. The number of hydrogen-bond acceptors (Lipinski definition) is 5. The standard InChI is InChI=1S/C6H6N4OS/c1-11-4-2-5(12)10-6(9-4)7-3-8-10/h2-3,12H,1H3. The fourth-order valence-electron chi connectivity index (χ4n) is 0.880. The number of ether oxygens (including phenoxy) is 1. The minimum atomic E-state index is 0.486. The highest BCUT2D eigenvalue weighted by molar-refractivity contribution is 7.80. The smallest absolute Gasteiger partial charge is 0.256 e. The maximum atomic E-state index is 4.93. The average Bonchev–Trinajstić information content (AvgIpc) is 2.52. The van der Waals surface area contributed by atoms with E-state index in [-0.39, 0.29) is 0 Å². The first-order valence-corrected chi connectivity index (χ1v) is 3.69. The van der Waals surface area contributed by atoms with Crippen LogP contribution in [0.4, 0.5) is 0 Å². The third-order valence-corrected chi connectivity index (χ3v) is 1.74. The first-order chi connectivity index (χ1) is 5.81. The minimum absolute atomic E-state index is 0.486. The molecule has 0 fully saturated rings. The van der Waals surface area contributed by atoms with E-state index in [9.17, 15) is 0 Å². The van der Waals surface area contributed by atoms with Gasteiger partial charge in [0, 0.05) is 6.07 Å². The Balaban J connectivity index is 2.75. The summed E-state index contributed by atoms with van der Waals surface area (Å²) in [5.74, 6) is 0.972. The summed E-state index contributed by atoms with van der Waals surface area (Å²) in [5.41, 5.74) is 0. The van der Waals surface area contributed by atoms with Crippen molar-refractivity contribution in [2.75, 3.05) is 7.11 Å². The molecule has 0 N–H and O–H groups in total. The number of hydrogen-bond donors (Lipinski definition) is 1. The predicted octanol–water partition coefficient (Wildman–Crippen LogP) is 0.422. The Labute approximate surface area is 73.8 Å². The second-order valence-electron chi connectivity index (χ2n) is 2.13. The van der Waals surface area contributed by atoms with E-state index in [2.05, 4.69) is 27.7 Å². The van der Waals surface area contributed by atoms with Crippen LogP contribution in [0.5, 0.6) is 5.88 Å². The number of fused-ring (bicyclic) bond motifs is 1. The van der Waals surface area contributed by atoms with Gasteiger partial charge < -0.3 is 4.74 Å². The Bertz CT molecular complexity index is 413. The monoisotopic (exact) mass is 182 g/mol. The van der Waals surface area contributed by atoms with Gasteiger partial charge in [0.25, 0.3) is 5.78 Å². The molecule has 0 saturated heterocycles. The molecule has 2 rings (SSSR count). The Hall–Kier alpha value is -1.30. The zero-order chi connectivity index (χ0) is 8.55. The fraction of sp³-hybridized carbons (Fsp3) is 0.167. The Kier molecular flexibility index (Phi) is 1.61. The molecule has 0 aromatic carbocycles. The third-order valence-electron chi connectivity index (χ3n) is 1.42. The Morgan fingerprint density at radius 1 is 1.58 bits per heavy atom. The summed E-state index contributed by atoms with van der Waals surface area (Å²) in [7, 11) is 1.54. The van der Waals surface area contributed by atoms with Gasteiger partial charge >= 0.3 is 0 Å². The first kappa shape index (κ1) is 7.35. The maximum Gasteiger partial charge on any atom is 0.256 e. The molecule has 6 heteroatoms. The van der Waals surface area contributed by atoms with Crippen molar-refractivity contribution in [3.05, 3.63) is 12.4 Å². The van der Waals surface area contributed by atoms with Crippen LogP contribution in [-0.4, -0.2) is 26.7 Å². The topological polar surface area (TPSA) is 52.3 Å². The molecule has 0 amide bonds. The van der Waals surface area contributed by atoms with Gasteiger partial charge in [-0.3, -0.25) is 0 Å². The van der Waals surface area contributed by atoms with Crippen LogP contribution < -0.4 is 4.74 Å².